The molecule has 0 spiro atoms. The molecule has 0 aromatic rings. The Morgan fingerprint density at radius 1 is 1.73 bits per heavy atom. The lowest BCUT2D eigenvalue weighted by Crippen LogP contribution is -2.07. The van der Waals surface area contributed by atoms with E-state index in [1.54, 1.807) is 6.92 Å². The van der Waals surface area contributed by atoms with Gasteiger partial charge in [0.05, 0.1) is 13.0 Å². The van der Waals surface area contributed by atoms with Crippen molar-refractivity contribution < 1.29 is 14.6 Å². The van der Waals surface area contributed by atoms with Crippen LogP contribution in [0.1, 0.15) is 13.3 Å². The summed E-state index contributed by atoms with van der Waals surface area (Å²) in [6, 6.07) is 0. The van der Waals surface area contributed by atoms with Gasteiger partial charge in [-0.25, -0.2) is 0 Å². The molecular formula is C7H10O3S. The van der Waals surface area contributed by atoms with Gasteiger partial charge in [0.25, 0.3) is 0 Å². The summed E-state index contributed by atoms with van der Waals surface area (Å²) in [5.41, 5.74) is 0.644. The number of carboxylic acid groups (broad SMARTS) is 1. The van der Waals surface area contributed by atoms with Crippen molar-refractivity contribution in [3.63, 3.8) is 0 Å². The Bertz CT molecular complexity index is 186. The topological polar surface area (TPSA) is 46.5 Å². The largest absolute Gasteiger partial charge is 0.483 e. The number of aliphatic carboxylic acids is 1. The fraction of sp³-hybridized carbons (Fsp3) is 0.429. The molecule has 4 heteroatoms. The van der Waals surface area contributed by atoms with Crippen LogP contribution < -0.4 is 0 Å². The molecule has 3 nitrogen and oxygen atoms in total. The summed E-state index contributed by atoms with van der Waals surface area (Å²) < 4.78 is 4.87. The second-order valence-electron chi connectivity index (χ2n) is 2.06. The van der Waals surface area contributed by atoms with Crippen LogP contribution in [0.15, 0.2) is 12.2 Å². The Labute approximate surface area is 70.7 Å². The molecular weight excluding hydrogens is 164 g/mol. The van der Waals surface area contributed by atoms with Crippen LogP contribution in [0, 0.1) is 0 Å². The van der Waals surface area contributed by atoms with Crippen molar-refractivity contribution in [1.29, 1.82) is 0 Å². The van der Waals surface area contributed by atoms with Gasteiger partial charge in [-0.2, -0.15) is 0 Å². The van der Waals surface area contributed by atoms with E-state index in [0.29, 0.717) is 5.57 Å². The van der Waals surface area contributed by atoms with Gasteiger partial charge in [-0.1, -0.05) is 6.58 Å². The van der Waals surface area contributed by atoms with Crippen LogP contribution in [0.25, 0.3) is 0 Å². The number of ether oxygens (including phenoxy) is 1. The number of thiocarbonyl (C=S) groups is 1. The first-order valence-electron chi connectivity index (χ1n) is 3.08. The molecule has 0 saturated carbocycles. The Morgan fingerprint density at radius 3 is 2.64 bits per heavy atom. The van der Waals surface area contributed by atoms with Crippen LogP contribution in [-0.4, -0.2) is 22.7 Å². The predicted molar refractivity (Wildman–Crippen MR) is 45.6 cm³/mol. The quantitative estimate of drug-likeness (QED) is 0.516. The zero-order valence-electron chi connectivity index (χ0n) is 6.29. The zero-order chi connectivity index (χ0) is 8.85. The lowest BCUT2D eigenvalue weighted by Gasteiger charge is -2.03. The maximum atomic E-state index is 10.0. The fourth-order valence-electron chi connectivity index (χ4n) is 0.354. The first-order chi connectivity index (χ1) is 5.04. The molecule has 0 aliphatic rings. The molecule has 0 aliphatic heterocycles. The van der Waals surface area contributed by atoms with Gasteiger partial charge in [0, 0.05) is 0 Å². The first-order valence-corrected chi connectivity index (χ1v) is 3.49. The van der Waals surface area contributed by atoms with E-state index in [0.717, 1.165) is 0 Å². The lowest BCUT2D eigenvalue weighted by molar-refractivity contribution is -0.137. The van der Waals surface area contributed by atoms with Crippen LogP contribution in [0.4, 0.5) is 0 Å². The highest BCUT2D eigenvalue weighted by Gasteiger charge is 2.00. The van der Waals surface area contributed by atoms with Gasteiger partial charge in [-0.15, -0.1) is 0 Å². The molecule has 0 saturated heterocycles. The number of hydrogen-bond donors (Lipinski definition) is 1. The first kappa shape index (κ1) is 10.1. The van der Waals surface area contributed by atoms with E-state index < -0.39 is 5.97 Å². The Balaban J connectivity index is 3.47. The molecule has 0 heterocycles. The summed E-state index contributed by atoms with van der Waals surface area (Å²) in [7, 11) is 0. The van der Waals surface area contributed by atoms with Crippen LogP contribution >= 0.6 is 12.2 Å². The highest BCUT2D eigenvalue weighted by Crippen LogP contribution is 1.96. The van der Waals surface area contributed by atoms with Gasteiger partial charge >= 0.3 is 5.97 Å². The van der Waals surface area contributed by atoms with Crippen molar-refractivity contribution in [2.45, 2.75) is 13.3 Å². The minimum atomic E-state index is -0.894. The molecule has 0 fully saturated rings. The molecule has 0 rings (SSSR count). The van der Waals surface area contributed by atoms with Gasteiger partial charge < -0.3 is 9.84 Å². The minimum absolute atomic E-state index is 0.0343. The summed E-state index contributed by atoms with van der Waals surface area (Å²) in [6.07, 6.45) is -0.0343. The third-order valence-electron chi connectivity index (χ3n) is 0.898. The second-order valence-corrected chi connectivity index (χ2v) is 2.43. The predicted octanol–water partition coefficient (Wildman–Crippen LogP) is 1.38. The average Bonchev–Trinajstić information content (AvgIpc) is 1.86. The molecule has 0 aromatic heterocycles. The molecule has 0 amide bonds. The van der Waals surface area contributed by atoms with E-state index in [2.05, 4.69) is 6.58 Å². The van der Waals surface area contributed by atoms with E-state index in [-0.39, 0.29) is 18.1 Å². The van der Waals surface area contributed by atoms with Gasteiger partial charge in [-0.05, 0) is 24.7 Å². The number of carboxylic acids is 1. The number of hydrogen-bond acceptors (Lipinski definition) is 3. The fourth-order valence-corrected chi connectivity index (χ4v) is 0.438. The molecule has 0 aliphatic carbocycles. The molecule has 0 radical (unpaired) electrons. The van der Waals surface area contributed by atoms with E-state index in [4.69, 9.17) is 22.1 Å². The summed E-state index contributed by atoms with van der Waals surface area (Å²) in [4.78, 5) is 10.0. The van der Waals surface area contributed by atoms with Gasteiger partial charge in [0.1, 0.15) is 0 Å². The van der Waals surface area contributed by atoms with Crippen molar-refractivity contribution in [2.75, 3.05) is 6.61 Å². The molecule has 11 heavy (non-hydrogen) atoms. The highest BCUT2D eigenvalue weighted by atomic mass is 32.1. The summed E-state index contributed by atoms with van der Waals surface area (Å²) in [6.45, 7) is 5.36. The van der Waals surface area contributed by atoms with Crippen molar-refractivity contribution >= 4 is 23.2 Å². The monoisotopic (exact) mass is 174 g/mol. The smallest absolute Gasteiger partial charge is 0.306 e. The lowest BCUT2D eigenvalue weighted by atomic mass is 10.4. The van der Waals surface area contributed by atoms with E-state index in [1.807, 2.05) is 0 Å². The van der Waals surface area contributed by atoms with Crippen molar-refractivity contribution in [3.8, 4) is 0 Å². The maximum Gasteiger partial charge on any atom is 0.306 e. The van der Waals surface area contributed by atoms with Crippen molar-refractivity contribution in [1.82, 2.24) is 0 Å². The van der Waals surface area contributed by atoms with Gasteiger partial charge in [0.2, 0.25) is 0 Å². The molecule has 0 unspecified atom stereocenters. The van der Waals surface area contributed by atoms with E-state index >= 15 is 0 Å². The normalized spacial score (nSPS) is 8.82. The second kappa shape index (κ2) is 4.85. The maximum absolute atomic E-state index is 10.0. The molecule has 1 N–H and O–H groups in total. The Hall–Kier alpha value is -0.900. The Morgan fingerprint density at radius 2 is 2.27 bits per heavy atom. The van der Waals surface area contributed by atoms with Crippen molar-refractivity contribution in [2.24, 2.45) is 0 Å². The van der Waals surface area contributed by atoms with Crippen LogP contribution in [-0.2, 0) is 9.53 Å². The van der Waals surface area contributed by atoms with Crippen LogP contribution in [0.2, 0.25) is 0 Å². The van der Waals surface area contributed by atoms with Gasteiger partial charge in [-0.3, -0.25) is 4.79 Å². The number of rotatable bonds is 4. The third-order valence-corrected chi connectivity index (χ3v) is 1.36. The van der Waals surface area contributed by atoms with E-state index in [1.165, 1.54) is 0 Å². The van der Waals surface area contributed by atoms with Crippen LogP contribution in [0.3, 0.4) is 0 Å². The Kier molecular flexibility index (Phi) is 4.45. The standard InChI is InChI=1S/C7H10O3S/c1-5(2)7(11)10-4-3-6(8)9/h1,3-4H2,2H3,(H,8,9). The van der Waals surface area contributed by atoms with Gasteiger partial charge in [0.15, 0.2) is 5.05 Å². The molecule has 0 atom stereocenters. The molecule has 0 bridgehead atoms. The van der Waals surface area contributed by atoms with E-state index in [9.17, 15) is 4.79 Å². The summed E-state index contributed by atoms with van der Waals surface area (Å²) in [5, 5.41) is 8.50. The summed E-state index contributed by atoms with van der Waals surface area (Å²) in [5.74, 6) is -0.894. The number of carbonyl (C=O) groups is 1. The van der Waals surface area contributed by atoms with Crippen LogP contribution in [0.5, 0.6) is 0 Å². The minimum Gasteiger partial charge on any atom is -0.483 e. The highest BCUT2D eigenvalue weighted by molar-refractivity contribution is 7.80. The average molecular weight is 174 g/mol. The SMILES string of the molecule is C=C(C)C(=S)OCCC(=O)O. The zero-order valence-corrected chi connectivity index (χ0v) is 7.11. The van der Waals surface area contributed by atoms with Crippen molar-refractivity contribution in [3.05, 3.63) is 12.2 Å². The molecule has 0 aromatic carbocycles. The summed E-state index contributed by atoms with van der Waals surface area (Å²) >= 11 is 4.72. The third kappa shape index (κ3) is 5.54. The molecule has 62 valence electrons.